The Balaban J connectivity index is 2.03. The quantitative estimate of drug-likeness (QED) is 0.650. The van der Waals surface area contributed by atoms with Crippen LogP contribution in [0.5, 0.6) is 0 Å². The van der Waals surface area contributed by atoms with Gasteiger partial charge in [-0.25, -0.2) is 0 Å². The first kappa shape index (κ1) is 11.0. The normalized spacial score (nSPS) is 24.5. The van der Waals surface area contributed by atoms with Crippen LogP contribution in [0.3, 0.4) is 0 Å². The number of hydrogen-bond acceptors (Lipinski definition) is 2. The van der Waals surface area contributed by atoms with E-state index in [4.69, 9.17) is 4.74 Å². The highest BCUT2D eigenvalue weighted by Gasteiger charge is 2.21. The average molecular weight is 185 g/mol. The van der Waals surface area contributed by atoms with Gasteiger partial charge in [0.05, 0.1) is 6.10 Å². The summed E-state index contributed by atoms with van der Waals surface area (Å²) in [5, 5.41) is 0. The van der Waals surface area contributed by atoms with Crippen LogP contribution in [0.1, 0.15) is 33.6 Å². The summed E-state index contributed by atoms with van der Waals surface area (Å²) in [4.78, 5) is 2.46. The van der Waals surface area contributed by atoms with Gasteiger partial charge in [-0.3, -0.25) is 0 Å². The Kier molecular flexibility index (Phi) is 4.74. The molecule has 1 aliphatic rings. The molecule has 13 heavy (non-hydrogen) atoms. The van der Waals surface area contributed by atoms with Crippen LogP contribution in [-0.2, 0) is 4.74 Å². The van der Waals surface area contributed by atoms with Gasteiger partial charge in [-0.1, -0.05) is 20.8 Å². The van der Waals surface area contributed by atoms with Crippen LogP contribution in [0.4, 0.5) is 0 Å². The lowest BCUT2D eigenvalue weighted by atomic mass is 10.1. The summed E-state index contributed by atoms with van der Waals surface area (Å²) < 4.78 is 5.80. The number of likely N-dealkylation sites (tertiary alicyclic amines) is 1. The number of rotatable bonds is 5. The van der Waals surface area contributed by atoms with Crippen molar-refractivity contribution >= 4 is 0 Å². The monoisotopic (exact) mass is 185 g/mol. The van der Waals surface area contributed by atoms with E-state index in [1.54, 1.807) is 0 Å². The van der Waals surface area contributed by atoms with Gasteiger partial charge in [0.1, 0.15) is 0 Å². The van der Waals surface area contributed by atoms with E-state index < -0.39 is 0 Å². The van der Waals surface area contributed by atoms with Crippen molar-refractivity contribution in [1.82, 2.24) is 4.90 Å². The van der Waals surface area contributed by atoms with Crippen molar-refractivity contribution in [2.45, 2.75) is 39.7 Å². The molecule has 1 unspecified atom stereocenters. The van der Waals surface area contributed by atoms with E-state index in [2.05, 4.69) is 25.7 Å². The van der Waals surface area contributed by atoms with Crippen LogP contribution in [0, 0.1) is 5.92 Å². The highest BCUT2D eigenvalue weighted by atomic mass is 16.5. The van der Waals surface area contributed by atoms with Gasteiger partial charge in [0.15, 0.2) is 0 Å². The van der Waals surface area contributed by atoms with Crippen molar-refractivity contribution in [2.75, 3.05) is 26.2 Å². The van der Waals surface area contributed by atoms with Gasteiger partial charge in [-0.2, -0.15) is 0 Å². The van der Waals surface area contributed by atoms with E-state index in [1.165, 1.54) is 25.9 Å². The van der Waals surface area contributed by atoms with Gasteiger partial charge in [-0.05, 0) is 25.3 Å². The fraction of sp³-hybridized carbons (Fsp3) is 1.00. The molecular formula is C11H23NO. The highest BCUT2D eigenvalue weighted by Crippen LogP contribution is 2.12. The van der Waals surface area contributed by atoms with Crippen LogP contribution >= 0.6 is 0 Å². The number of hydrogen-bond donors (Lipinski definition) is 0. The van der Waals surface area contributed by atoms with Crippen molar-refractivity contribution in [3.05, 3.63) is 0 Å². The average Bonchev–Trinajstić information content (AvgIpc) is 2.52. The maximum Gasteiger partial charge on any atom is 0.0714 e. The molecule has 1 saturated heterocycles. The summed E-state index contributed by atoms with van der Waals surface area (Å²) in [5.74, 6) is 0.767. The number of ether oxygens (including phenoxy) is 1. The second-order valence-electron chi connectivity index (χ2n) is 4.36. The fourth-order valence-corrected chi connectivity index (χ4v) is 1.69. The van der Waals surface area contributed by atoms with Crippen molar-refractivity contribution < 1.29 is 4.74 Å². The van der Waals surface area contributed by atoms with Gasteiger partial charge in [-0.15, -0.1) is 0 Å². The highest BCUT2D eigenvalue weighted by molar-refractivity contribution is 4.74. The Hall–Kier alpha value is -0.0800. The largest absolute Gasteiger partial charge is 0.377 e. The molecule has 0 aromatic heterocycles. The minimum Gasteiger partial charge on any atom is -0.377 e. The van der Waals surface area contributed by atoms with E-state index in [0.717, 1.165) is 19.1 Å². The lowest BCUT2D eigenvalue weighted by molar-refractivity contribution is 0.0527. The predicted octanol–water partition coefficient (Wildman–Crippen LogP) is 2.14. The molecule has 0 aliphatic carbocycles. The summed E-state index contributed by atoms with van der Waals surface area (Å²) in [6, 6.07) is 0. The number of likely N-dealkylation sites (N-methyl/N-ethyl adjacent to an activating group) is 1. The first-order valence-electron chi connectivity index (χ1n) is 5.56. The fourth-order valence-electron chi connectivity index (χ4n) is 1.69. The molecular weight excluding hydrogens is 162 g/mol. The van der Waals surface area contributed by atoms with E-state index in [-0.39, 0.29) is 0 Å². The molecule has 78 valence electrons. The van der Waals surface area contributed by atoms with Gasteiger partial charge in [0.2, 0.25) is 0 Å². The minimum atomic E-state index is 0.513. The van der Waals surface area contributed by atoms with E-state index in [1.807, 2.05) is 0 Å². The summed E-state index contributed by atoms with van der Waals surface area (Å²) >= 11 is 0. The van der Waals surface area contributed by atoms with E-state index >= 15 is 0 Å². The summed E-state index contributed by atoms with van der Waals surface area (Å²) in [5.41, 5.74) is 0. The van der Waals surface area contributed by atoms with Crippen molar-refractivity contribution in [3.8, 4) is 0 Å². The summed E-state index contributed by atoms with van der Waals surface area (Å²) in [7, 11) is 0. The van der Waals surface area contributed by atoms with Crippen LogP contribution in [-0.4, -0.2) is 37.2 Å². The Morgan fingerprint density at radius 2 is 2.23 bits per heavy atom. The third-order valence-electron chi connectivity index (χ3n) is 2.73. The van der Waals surface area contributed by atoms with Crippen LogP contribution in [0.25, 0.3) is 0 Å². The molecule has 0 bridgehead atoms. The van der Waals surface area contributed by atoms with Gasteiger partial charge < -0.3 is 9.64 Å². The maximum atomic E-state index is 5.80. The van der Waals surface area contributed by atoms with Crippen molar-refractivity contribution in [2.24, 2.45) is 5.92 Å². The molecule has 1 fully saturated rings. The summed E-state index contributed by atoms with van der Waals surface area (Å²) in [6.45, 7) is 11.2. The van der Waals surface area contributed by atoms with Gasteiger partial charge >= 0.3 is 0 Å². The molecule has 0 spiro atoms. The standard InChI is InChI=1S/C11H23NO/c1-4-12-7-5-11(9-12)13-8-6-10(2)3/h10-11H,4-9H2,1-3H3. The van der Waals surface area contributed by atoms with Crippen molar-refractivity contribution in [1.29, 1.82) is 0 Å². The third kappa shape index (κ3) is 4.10. The Morgan fingerprint density at radius 3 is 2.77 bits per heavy atom. The Morgan fingerprint density at radius 1 is 1.46 bits per heavy atom. The predicted molar refractivity (Wildman–Crippen MR) is 55.9 cm³/mol. The van der Waals surface area contributed by atoms with E-state index in [0.29, 0.717) is 6.10 Å². The molecule has 1 heterocycles. The third-order valence-corrected chi connectivity index (χ3v) is 2.73. The Bertz CT molecular complexity index is 136. The maximum absolute atomic E-state index is 5.80. The lowest BCUT2D eigenvalue weighted by Crippen LogP contribution is -2.23. The van der Waals surface area contributed by atoms with Crippen LogP contribution in [0.15, 0.2) is 0 Å². The molecule has 0 saturated carbocycles. The molecule has 0 radical (unpaired) electrons. The van der Waals surface area contributed by atoms with E-state index in [9.17, 15) is 0 Å². The second-order valence-corrected chi connectivity index (χ2v) is 4.36. The Labute approximate surface area is 82.3 Å². The number of nitrogens with zero attached hydrogens (tertiary/aromatic N) is 1. The van der Waals surface area contributed by atoms with Gasteiger partial charge in [0.25, 0.3) is 0 Å². The molecule has 1 aliphatic heterocycles. The topological polar surface area (TPSA) is 12.5 Å². The molecule has 0 aromatic rings. The molecule has 0 amide bonds. The smallest absolute Gasteiger partial charge is 0.0714 e. The first-order valence-corrected chi connectivity index (χ1v) is 5.56. The zero-order chi connectivity index (χ0) is 9.68. The molecule has 1 atom stereocenters. The molecule has 2 heteroatoms. The lowest BCUT2D eigenvalue weighted by Gasteiger charge is -2.14. The second kappa shape index (κ2) is 5.61. The first-order chi connectivity index (χ1) is 6.22. The molecule has 1 rings (SSSR count). The molecule has 0 aromatic carbocycles. The molecule has 0 N–H and O–H groups in total. The van der Waals surface area contributed by atoms with Crippen molar-refractivity contribution in [3.63, 3.8) is 0 Å². The van der Waals surface area contributed by atoms with Crippen LogP contribution in [0.2, 0.25) is 0 Å². The SMILES string of the molecule is CCN1CCC(OCCC(C)C)C1. The zero-order valence-corrected chi connectivity index (χ0v) is 9.25. The van der Waals surface area contributed by atoms with Gasteiger partial charge in [0, 0.05) is 19.7 Å². The summed E-state index contributed by atoms with van der Waals surface area (Å²) in [6.07, 6.45) is 2.94. The molecule has 2 nitrogen and oxygen atoms in total. The zero-order valence-electron chi connectivity index (χ0n) is 9.25. The minimum absolute atomic E-state index is 0.513. The van der Waals surface area contributed by atoms with Crippen LogP contribution < -0.4 is 0 Å².